The summed E-state index contributed by atoms with van der Waals surface area (Å²) in [5, 5.41) is 11.3. The van der Waals surface area contributed by atoms with Gasteiger partial charge in [0.25, 0.3) is 5.91 Å². The van der Waals surface area contributed by atoms with E-state index in [-0.39, 0.29) is 34.4 Å². The predicted octanol–water partition coefficient (Wildman–Crippen LogP) is 5.80. The van der Waals surface area contributed by atoms with Crippen molar-refractivity contribution in [1.29, 1.82) is 0 Å². The highest BCUT2D eigenvalue weighted by Gasteiger charge is 2.76. The van der Waals surface area contributed by atoms with Crippen LogP contribution in [0, 0.1) is 11.8 Å². The minimum absolute atomic E-state index is 0.0119. The summed E-state index contributed by atoms with van der Waals surface area (Å²) >= 11 is 5.58. The van der Waals surface area contributed by atoms with E-state index in [0.29, 0.717) is 39.0 Å². The van der Waals surface area contributed by atoms with E-state index in [4.69, 9.17) is 0 Å². The maximum Gasteiger partial charge on any atom is 0.251 e. The first-order valence-electron chi connectivity index (χ1n) is 15.9. The predicted molar refractivity (Wildman–Crippen MR) is 183 cm³/mol. The minimum atomic E-state index is -0.708. The number of carbonyl (C=O) groups excluding carboxylic acids is 3. The van der Waals surface area contributed by atoms with E-state index in [0.717, 1.165) is 42.1 Å². The summed E-state index contributed by atoms with van der Waals surface area (Å²) in [6.07, 6.45) is 8.10. The first-order chi connectivity index (χ1) is 21.3. The fourth-order valence-corrected chi connectivity index (χ4v) is 11.2. The molecule has 2 bridgehead atoms. The van der Waals surface area contributed by atoms with Crippen LogP contribution in [0.2, 0.25) is 0 Å². The number of unbranched alkanes of at least 4 members (excludes halogenated alkanes) is 3. The van der Waals surface area contributed by atoms with Gasteiger partial charge in [-0.3, -0.25) is 14.4 Å². The zero-order chi connectivity index (χ0) is 31.4. The highest BCUT2D eigenvalue weighted by Crippen LogP contribution is 2.68. The average molecular weight is 683 g/mol. The second kappa shape index (κ2) is 14.2. The molecule has 0 aromatic heterocycles. The summed E-state index contributed by atoms with van der Waals surface area (Å²) in [7, 11) is 0. The number of amides is 3. The van der Waals surface area contributed by atoms with E-state index in [1.807, 2.05) is 54.3 Å². The van der Waals surface area contributed by atoms with Crippen LogP contribution in [-0.4, -0.2) is 86.3 Å². The van der Waals surface area contributed by atoms with Crippen molar-refractivity contribution in [3.05, 3.63) is 67.8 Å². The van der Waals surface area contributed by atoms with Crippen molar-refractivity contribution in [3.63, 3.8) is 0 Å². The molecular weight excluding hydrogens is 638 g/mol. The topological polar surface area (TPSA) is 81.2 Å². The Morgan fingerprint density at radius 3 is 2.50 bits per heavy atom. The van der Waals surface area contributed by atoms with Crippen molar-refractivity contribution in [1.82, 2.24) is 9.80 Å². The van der Waals surface area contributed by atoms with Gasteiger partial charge in [-0.1, -0.05) is 78.2 Å². The number of aliphatic hydroxyl groups is 1. The van der Waals surface area contributed by atoms with Crippen LogP contribution in [0.3, 0.4) is 0 Å². The number of nitrogens with zero attached hydrogens (tertiary/aromatic N) is 3. The summed E-state index contributed by atoms with van der Waals surface area (Å²) in [5.74, 6) is -1.27. The van der Waals surface area contributed by atoms with E-state index in [1.54, 1.807) is 33.7 Å². The Kier molecular flexibility index (Phi) is 10.6. The molecule has 3 aliphatic heterocycles. The van der Waals surface area contributed by atoms with Gasteiger partial charge in [-0.25, -0.2) is 0 Å². The Balaban J connectivity index is 1.55. The SMILES string of the molecule is C=CCN(CCC)C(=O)[C@H]1[C@@H]2SC3(CC2Br)C(C(=O)N(CC=C)c2ccc4ccccc4c2)N(CCCCCCO)C(=O)[C@H]13. The normalized spacial score (nSPS) is 27.0. The van der Waals surface area contributed by atoms with Gasteiger partial charge in [0.15, 0.2) is 0 Å². The highest BCUT2D eigenvalue weighted by molar-refractivity contribution is 9.09. The van der Waals surface area contributed by atoms with Crippen LogP contribution < -0.4 is 4.90 Å². The molecule has 0 saturated carbocycles. The van der Waals surface area contributed by atoms with Crippen molar-refractivity contribution in [2.24, 2.45) is 11.8 Å². The molecule has 0 aliphatic carbocycles. The standard InChI is InChI=1S/C35H44BrN3O4S/c1-4-17-37(18-5-2)32(41)28-29-33(42)39(20-11-7-8-12-21-40)31(35(29)23-27(36)30(28)44-35)34(43)38(19-6-3)26-16-15-24-13-9-10-14-25(24)22-26/h4,6,9-10,13-16,22,27-31,40H,1,3,5,7-8,11-12,17-21,23H2,2H3/t27?,28-,29+,30-,31?,35?/m1/s1. The van der Waals surface area contributed by atoms with E-state index >= 15 is 0 Å². The van der Waals surface area contributed by atoms with Gasteiger partial charge in [-0.15, -0.1) is 24.9 Å². The van der Waals surface area contributed by atoms with Gasteiger partial charge in [0, 0.05) is 48.6 Å². The molecule has 2 aromatic carbocycles. The average Bonchev–Trinajstić information content (AvgIpc) is 3.62. The molecule has 9 heteroatoms. The molecule has 3 aliphatic rings. The Labute approximate surface area is 273 Å². The van der Waals surface area contributed by atoms with Crippen molar-refractivity contribution >= 4 is 61.9 Å². The Bertz CT molecular complexity index is 1400. The van der Waals surface area contributed by atoms with Gasteiger partial charge in [0.1, 0.15) is 6.04 Å². The summed E-state index contributed by atoms with van der Waals surface area (Å²) in [6.45, 7) is 11.8. The summed E-state index contributed by atoms with van der Waals surface area (Å²) in [4.78, 5) is 49.1. The Morgan fingerprint density at radius 2 is 1.80 bits per heavy atom. The first kappa shape index (κ1) is 32.8. The molecule has 3 unspecified atom stereocenters. The van der Waals surface area contributed by atoms with E-state index in [2.05, 4.69) is 29.1 Å². The van der Waals surface area contributed by atoms with Gasteiger partial charge >= 0.3 is 0 Å². The molecule has 3 fully saturated rings. The molecule has 1 spiro atoms. The summed E-state index contributed by atoms with van der Waals surface area (Å²) in [5.41, 5.74) is 0.768. The summed E-state index contributed by atoms with van der Waals surface area (Å²) in [6, 6.07) is 13.4. The number of rotatable bonds is 15. The second-order valence-electron chi connectivity index (χ2n) is 12.2. The number of halogens is 1. The highest BCUT2D eigenvalue weighted by atomic mass is 79.9. The molecule has 5 rings (SSSR count). The molecule has 44 heavy (non-hydrogen) atoms. The first-order valence-corrected chi connectivity index (χ1v) is 17.7. The monoisotopic (exact) mass is 681 g/mol. The molecule has 0 radical (unpaired) electrons. The van der Waals surface area contributed by atoms with Crippen LogP contribution in [0.5, 0.6) is 0 Å². The maximum atomic E-state index is 14.9. The lowest BCUT2D eigenvalue weighted by Gasteiger charge is -2.38. The number of likely N-dealkylation sites (tertiary alicyclic amines) is 1. The van der Waals surface area contributed by atoms with Crippen molar-refractivity contribution in [2.45, 2.75) is 66.3 Å². The number of hydrogen-bond donors (Lipinski definition) is 1. The third-order valence-electron chi connectivity index (χ3n) is 9.39. The lowest BCUT2D eigenvalue weighted by Crippen LogP contribution is -2.56. The molecule has 7 nitrogen and oxygen atoms in total. The third-order valence-corrected chi connectivity index (χ3v) is 12.6. The molecule has 3 saturated heterocycles. The molecule has 2 aromatic rings. The summed E-state index contributed by atoms with van der Waals surface area (Å²) < 4.78 is -0.708. The lowest BCUT2D eigenvalue weighted by molar-refractivity contribution is -0.143. The number of fused-ring (bicyclic) bond motifs is 2. The van der Waals surface area contributed by atoms with Crippen LogP contribution in [0.15, 0.2) is 67.8 Å². The lowest BCUT2D eigenvalue weighted by atomic mass is 9.70. The smallest absolute Gasteiger partial charge is 0.251 e. The number of alkyl halides is 1. The minimum Gasteiger partial charge on any atom is -0.396 e. The number of hydrogen-bond acceptors (Lipinski definition) is 5. The van der Waals surface area contributed by atoms with Crippen molar-refractivity contribution in [2.75, 3.05) is 37.7 Å². The fraction of sp³-hybridized carbons (Fsp3) is 0.514. The Morgan fingerprint density at radius 1 is 1.07 bits per heavy atom. The third kappa shape index (κ3) is 5.87. The largest absolute Gasteiger partial charge is 0.396 e. The maximum absolute atomic E-state index is 14.9. The number of carbonyl (C=O) groups is 3. The van der Waals surface area contributed by atoms with E-state index in [9.17, 15) is 19.5 Å². The van der Waals surface area contributed by atoms with Gasteiger partial charge in [-0.2, -0.15) is 0 Å². The van der Waals surface area contributed by atoms with Crippen molar-refractivity contribution < 1.29 is 19.5 Å². The number of thioether (sulfide) groups is 1. The van der Waals surface area contributed by atoms with Crippen LogP contribution in [0.4, 0.5) is 5.69 Å². The van der Waals surface area contributed by atoms with Crippen LogP contribution in [-0.2, 0) is 14.4 Å². The van der Waals surface area contributed by atoms with Crippen LogP contribution >= 0.6 is 27.7 Å². The number of benzene rings is 2. The quantitative estimate of drug-likeness (QED) is 0.146. The van der Waals surface area contributed by atoms with Crippen LogP contribution in [0.25, 0.3) is 10.8 Å². The zero-order valence-corrected chi connectivity index (χ0v) is 28.0. The molecule has 1 N–H and O–H groups in total. The molecule has 236 valence electrons. The molecule has 3 heterocycles. The van der Waals surface area contributed by atoms with Gasteiger partial charge < -0.3 is 19.8 Å². The number of anilines is 1. The van der Waals surface area contributed by atoms with Gasteiger partial charge in [-0.05, 0) is 48.6 Å². The van der Waals surface area contributed by atoms with E-state index < -0.39 is 22.6 Å². The fourth-order valence-electron chi connectivity index (χ4n) is 7.55. The van der Waals surface area contributed by atoms with Crippen molar-refractivity contribution in [3.8, 4) is 0 Å². The van der Waals surface area contributed by atoms with Gasteiger partial charge in [0.05, 0.1) is 16.6 Å². The Hall–Kier alpha value is -2.62. The number of aliphatic hydroxyl groups excluding tert-OH is 1. The van der Waals surface area contributed by atoms with Crippen LogP contribution in [0.1, 0.15) is 45.4 Å². The molecule has 3 amide bonds. The molecular formula is C35H44BrN3O4S. The molecule has 6 atom stereocenters. The zero-order valence-electron chi connectivity index (χ0n) is 25.6. The van der Waals surface area contributed by atoms with E-state index in [1.165, 1.54) is 0 Å². The van der Waals surface area contributed by atoms with Gasteiger partial charge in [0.2, 0.25) is 11.8 Å². The second-order valence-corrected chi connectivity index (χ2v) is 14.9.